The summed E-state index contributed by atoms with van der Waals surface area (Å²) in [5, 5.41) is 6.88. The molecule has 1 fully saturated rings. The molecule has 7 nitrogen and oxygen atoms in total. The highest BCUT2D eigenvalue weighted by molar-refractivity contribution is 5.79. The van der Waals surface area contributed by atoms with Gasteiger partial charge in [0, 0.05) is 32.1 Å². The highest BCUT2D eigenvalue weighted by Crippen LogP contribution is 2.24. The maximum absolute atomic E-state index is 6.22. The Labute approximate surface area is 191 Å². The normalized spacial score (nSPS) is 17.3. The van der Waals surface area contributed by atoms with E-state index in [-0.39, 0.29) is 12.1 Å². The van der Waals surface area contributed by atoms with Gasteiger partial charge in [-0.05, 0) is 50.3 Å². The van der Waals surface area contributed by atoms with Crippen LogP contribution in [0.25, 0.3) is 0 Å². The van der Waals surface area contributed by atoms with Crippen molar-refractivity contribution in [2.24, 2.45) is 4.99 Å². The van der Waals surface area contributed by atoms with Crippen molar-refractivity contribution in [3.8, 4) is 11.5 Å². The molecule has 2 N–H and O–H groups in total. The number of nitrogens with zero attached hydrogens (tertiary/aromatic N) is 2. The third-order valence-electron chi connectivity index (χ3n) is 5.66. The van der Waals surface area contributed by atoms with Gasteiger partial charge in [-0.1, -0.05) is 24.3 Å². The summed E-state index contributed by atoms with van der Waals surface area (Å²) in [4.78, 5) is 6.59. The van der Waals surface area contributed by atoms with Crippen LogP contribution in [0, 0.1) is 6.92 Å². The van der Waals surface area contributed by atoms with Gasteiger partial charge in [0.25, 0.3) is 0 Å². The second-order valence-corrected chi connectivity index (χ2v) is 8.27. The van der Waals surface area contributed by atoms with Crippen molar-refractivity contribution in [1.82, 2.24) is 15.5 Å². The predicted octanol–water partition coefficient (Wildman–Crippen LogP) is 3.14. The first-order valence-corrected chi connectivity index (χ1v) is 11.1. The van der Waals surface area contributed by atoms with Gasteiger partial charge in [0.2, 0.25) is 0 Å². The fourth-order valence-electron chi connectivity index (χ4n) is 3.72. The predicted molar refractivity (Wildman–Crippen MR) is 129 cm³/mol. The topological polar surface area (TPSA) is 67.4 Å². The van der Waals surface area contributed by atoms with E-state index >= 15 is 0 Å². The van der Waals surface area contributed by atoms with Crippen LogP contribution in [-0.2, 0) is 11.3 Å². The first kappa shape index (κ1) is 23.9. The van der Waals surface area contributed by atoms with Gasteiger partial charge in [0.15, 0.2) is 5.96 Å². The quantitative estimate of drug-likeness (QED) is 0.461. The van der Waals surface area contributed by atoms with Crippen molar-refractivity contribution in [2.45, 2.75) is 32.0 Å². The number of likely N-dealkylation sites (N-methyl/N-ethyl adjacent to an activating group) is 1. The van der Waals surface area contributed by atoms with Crippen LogP contribution in [0.15, 0.2) is 47.5 Å². The largest absolute Gasteiger partial charge is 0.497 e. The summed E-state index contributed by atoms with van der Waals surface area (Å²) in [5.74, 6) is 2.52. The molecule has 0 radical (unpaired) electrons. The van der Waals surface area contributed by atoms with Crippen molar-refractivity contribution >= 4 is 5.96 Å². The van der Waals surface area contributed by atoms with Gasteiger partial charge < -0.3 is 29.7 Å². The van der Waals surface area contributed by atoms with E-state index in [2.05, 4.69) is 71.9 Å². The number of rotatable bonds is 9. The molecule has 0 amide bonds. The molecule has 1 aliphatic rings. The third kappa shape index (κ3) is 6.61. The summed E-state index contributed by atoms with van der Waals surface area (Å²) in [5.41, 5.74) is 3.50. The molecule has 0 saturated carbocycles. The Balaban J connectivity index is 1.60. The molecule has 0 spiro atoms. The molecule has 3 rings (SSSR count). The van der Waals surface area contributed by atoms with E-state index in [1.165, 1.54) is 11.1 Å². The Hall–Kier alpha value is -2.77. The van der Waals surface area contributed by atoms with Crippen LogP contribution < -0.4 is 20.1 Å². The summed E-state index contributed by atoms with van der Waals surface area (Å²) in [6, 6.07) is 14.7. The molecular weight excluding hydrogens is 404 g/mol. The average molecular weight is 441 g/mol. The fraction of sp³-hybridized carbons (Fsp3) is 0.480. The molecule has 7 heteroatoms. The number of guanidine groups is 1. The molecule has 1 saturated heterocycles. The Morgan fingerprint density at radius 2 is 1.97 bits per heavy atom. The molecule has 1 aliphatic heterocycles. The molecule has 0 aliphatic carbocycles. The van der Waals surface area contributed by atoms with Gasteiger partial charge >= 0.3 is 0 Å². The number of hydrogen-bond acceptors (Lipinski definition) is 5. The lowest BCUT2D eigenvalue weighted by atomic mass is 10.1. The Morgan fingerprint density at radius 1 is 1.19 bits per heavy atom. The highest BCUT2D eigenvalue weighted by Gasteiger charge is 2.19. The maximum Gasteiger partial charge on any atom is 0.191 e. The molecule has 0 bridgehead atoms. The second kappa shape index (κ2) is 11.7. The van der Waals surface area contributed by atoms with E-state index in [1.54, 1.807) is 14.2 Å². The zero-order valence-electron chi connectivity index (χ0n) is 19.9. The summed E-state index contributed by atoms with van der Waals surface area (Å²) in [6.45, 7) is 4.84. The minimum absolute atomic E-state index is 0.123. The number of aliphatic imine (C=N–C) groups is 1. The monoisotopic (exact) mass is 440 g/mol. The number of methoxy groups -OCH3 is 1. The third-order valence-corrected chi connectivity index (χ3v) is 5.66. The lowest BCUT2D eigenvalue weighted by molar-refractivity contribution is 0.140. The van der Waals surface area contributed by atoms with E-state index < -0.39 is 0 Å². The highest BCUT2D eigenvalue weighted by atomic mass is 16.5. The standard InChI is InChI=1S/C25H36N4O3/c1-18-6-7-20(24(14-18)32-22-12-13-31-17-22)15-27-25(26-2)28-16-23(29(3)4)19-8-10-21(30-5)11-9-19/h6-11,14,22-23H,12-13,15-17H2,1-5H3,(H2,26,27,28). The van der Waals surface area contributed by atoms with E-state index in [0.29, 0.717) is 13.2 Å². The minimum Gasteiger partial charge on any atom is -0.497 e. The van der Waals surface area contributed by atoms with Crippen LogP contribution in [0.5, 0.6) is 11.5 Å². The molecule has 1 heterocycles. The average Bonchev–Trinajstić information content (AvgIpc) is 3.30. The second-order valence-electron chi connectivity index (χ2n) is 8.27. The molecule has 2 aromatic rings. The first-order valence-electron chi connectivity index (χ1n) is 11.1. The lowest BCUT2D eigenvalue weighted by Gasteiger charge is -2.26. The molecule has 2 aromatic carbocycles. The molecule has 32 heavy (non-hydrogen) atoms. The van der Waals surface area contributed by atoms with Gasteiger partial charge in [-0.2, -0.15) is 0 Å². The zero-order valence-corrected chi connectivity index (χ0v) is 19.9. The van der Waals surface area contributed by atoms with Gasteiger partial charge in [-0.3, -0.25) is 4.99 Å². The van der Waals surface area contributed by atoms with Gasteiger partial charge in [0.1, 0.15) is 17.6 Å². The van der Waals surface area contributed by atoms with Crippen LogP contribution in [0.4, 0.5) is 0 Å². The SMILES string of the molecule is CN=C(NCc1ccc(C)cc1OC1CCOC1)NCC(c1ccc(OC)cc1)N(C)C. The molecule has 0 aromatic heterocycles. The molecule has 2 unspecified atom stereocenters. The van der Waals surface area contributed by atoms with E-state index in [9.17, 15) is 0 Å². The number of benzene rings is 2. The molecule has 2 atom stereocenters. The number of aryl methyl sites for hydroxylation is 1. The summed E-state index contributed by atoms with van der Waals surface area (Å²) in [6.07, 6.45) is 1.06. The summed E-state index contributed by atoms with van der Waals surface area (Å²) < 4.78 is 17.0. The van der Waals surface area contributed by atoms with Crippen LogP contribution >= 0.6 is 0 Å². The Bertz CT molecular complexity index is 877. The van der Waals surface area contributed by atoms with E-state index in [0.717, 1.165) is 42.6 Å². The maximum atomic E-state index is 6.22. The van der Waals surface area contributed by atoms with Crippen molar-refractivity contribution < 1.29 is 14.2 Å². The molecular formula is C25H36N4O3. The number of hydrogen-bond donors (Lipinski definition) is 2. The number of nitrogens with one attached hydrogen (secondary N) is 2. The summed E-state index contributed by atoms with van der Waals surface area (Å²) >= 11 is 0. The van der Waals surface area contributed by atoms with Crippen molar-refractivity contribution in [3.05, 3.63) is 59.2 Å². The smallest absolute Gasteiger partial charge is 0.191 e. The first-order chi connectivity index (χ1) is 15.5. The van der Waals surface area contributed by atoms with Gasteiger partial charge in [-0.15, -0.1) is 0 Å². The van der Waals surface area contributed by atoms with Crippen LogP contribution in [-0.4, -0.2) is 65.0 Å². The van der Waals surface area contributed by atoms with Crippen molar-refractivity contribution in [3.63, 3.8) is 0 Å². The Kier molecular flexibility index (Phi) is 8.76. The van der Waals surface area contributed by atoms with Crippen molar-refractivity contribution in [1.29, 1.82) is 0 Å². The van der Waals surface area contributed by atoms with Gasteiger partial charge in [-0.25, -0.2) is 0 Å². The number of ether oxygens (including phenoxy) is 3. The fourth-order valence-corrected chi connectivity index (χ4v) is 3.72. The summed E-state index contributed by atoms with van der Waals surface area (Å²) in [7, 11) is 7.63. The Morgan fingerprint density at radius 3 is 2.59 bits per heavy atom. The lowest BCUT2D eigenvalue weighted by Crippen LogP contribution is -2.41. The van der Waals surface area contributed by atoms with Crippen LogP contribution in [0.2, 0.25) is 0 Å². The van der Waals surface area contributed by atoms with Crippen molar-refractivity contribution in [2.75, 3.05) is 48.0 Å². The molecule has 174 valence electrons. The zero-order chi connectivity index (χ0) is 22.9. The van der Waals surface area contributed by atoms with Crippen LogP contribution in [0.3, 0.4) is 0 Å². The van der Waals surface area contributed by atoms with E-state index in [4.69, 9.17) is 14.2 Å². The van der Waals surface area contributed by atoms with E-state index in [1.807, 2.05) is 12.1 Å². The minimum atomic E-state index is 0.123. The van der Waals surface area contributed by atoms with Gasteiger partial charge in [0.05, 0.1) is 26.4 Å². The van der Waals surface area contributed by atoms with Crippen LogP contribution in [0.1, 0.15) is 29.2 Å².